The minimum Gasteiger partial charge on any atom is -0.394 e. The molecule has 4 heteroatoms. The van der Waals surface area contributed by atoms with E-state index in [9.17, 15) is 5.11 Å². The Bertz CT molecular complexity index is 160. The first-order chi connectivity index (χ1) is 7.58. The van der Waals surface area contributed by atoms with E-state index in [1.54, 1.807) is 7.11 Å². The van der Waals surface area contributed by atoms with Gasteiger partial charge in [-0.1, -0.05) is 0 Å². The summed E-state index contributed by atoms with van der Waals surface area (Å²) in [4.78, 5) is 0. The summed E-state index contributed by atoms with van der Waals surface area (Å²) in [5.41, 5.74) is -0.155. The van der Waals surface area contributed by atoms with Crippen molar-refractivity contribution in [3.8, 4) is 0 Å². The minimum atomic E-state index is -0.155. The van der Waals surface area contributed by atoms with Crippen molar-refractivity contribution in [1.82, 2.24) is 5.32 Å². The second kappa shape index (κ2) is 8.93. The second-order valence-corrected chi connectivity index (χ2v) is 4.56. The number of rotatable bonds is 10. The van der Waals surface area contributed by atoms with E-state index in [0.29, 0.717) is 6.61 Å². The number of hydrogen-bond acceptors (Lipinski definition) is 4. The monoisotopic (exact) mass is 233 g/mol. The summed E-state index contributed by atoms with van der Waals surface area (Å²) >= 11 is 0. The zero-order valence-electron chi connectivity index (χ0n) is 11.1. The molecule has 2 N–H and O–H groups in total. The molecule has 0 heterocycles. The third-order valence-corrected chi connectivity index (χ3v) is 2.88. The van der Waals surface area contributed by atoms with Gasteiger partial charge in [0.25, 0.3) is 0 Å². The van der Waals surface area contributed by atoms with Gasteiger partial charge in [-0.3, -0.25) is 0 Å². The van der Waals surface area contributed by atoms with Crippen molar-refractivity contribution >= 4 is 0 Å². The third kappa shape index (κ3) is 7.17. The Morgan fingerprint density at radius 1 is 1.38 bits per heavy atom. The molecule has 0 spiro atoms. The van der Waals surface area contributed by atoms with E-state index in [0.717, 1.165) is 25.9 Å². The zero-order valence-corrected chi connectivity index (χ0v) is 11.1. The molecular formula is C12H27NO3. The maximum absolute atomic E-state index is 9.19. The highest BCUT2D eigenvalue weighted by Gasteiger charge is 2.19. The molecule has 0 aliphatic heterocycles. The largest absolute Gasteiger partial charge is 0.394 e. The average Bonchev–Trinajstić information content (AvgIpc) is 2.28. The highest BCUT2D eigenvalue weighted by molar-refractivity contribution is 4.79. The molecule has 0 aromatic carbocycles. The van der Waals surface area contributed by atoms with Gasteiger partial charge in [0.15, 0.2) is 0 Å². The van der Waals surface area contributed by atoms with Gasteiger partial charge >= 0.3 is 0 Å². The first kappa shape index (κ1) is 15.8. The number of likely N-dealkylation sites (N-methyl/N-ethyl adjacent to an activating group) is 1. The van der Waals surface area contributed by atoms with Crippen LogP contribution in [0.4, 0.5) is 0 Å². The summed E-state index contributed by atoms with van der Waals surface area (Å²) in [6.45, 7) is 5.61. The average molecular weight is 233 g/mol. The van der Waals surface area contributed by atoms with Crippen LogP contribution in [0.15, 0.2) is 0 Å². The normalized spacial score (nSPS) is 17.1. The van der Waals surface area contributed by atoms with E-state index in [1.807, 2.05) is 20.9 Å². The smallest absolute Gasteiger partial charge is 0.0780 e. The summed E-state index contributed by atoms with van der Waals surface area (Å²) in [6, 6.07) is 0. The first-order valence-corrected chi connectivity index (χ1v) is 5.98. The molecule has 0 amide bonds. The molecule has 0 radical (unpaired) electrons. The molecule has 2 unspecified atom stereocenters. The molecule has 0 bridgehead atoms. The maximum atomic E-state index is 9.19. The molecule has 4 nitrogen and oxygen atoms in total. The molecule has 0 rings (SSSR count). The molecule has 0 aromatic rings. The molecule has 98 valence electrons. The Balaban J connectivity index is 3.46. The van der Waals surface area contributed by atoms with Crippen molar-refractivity contribution in [3.63, 3.8) is 0 Å². The number of unbranched alkanes of at least 4 members (excludes halogenated alkanes) is 1. The fraction of sp³-hybridized carbons (Fsp3) is 1.00. The third-order valence-electron chi connectivity index (χ3n) is 2.88. The summed E-state index contributed by atoms with van der Waals surface area (Å²) in [7, 11) is 3.56. The van der Waals surface area contributed by atoms with E-state index in [4.69, 9.17) is 9.47 Å². The van der Waals surface area contributed by atoms with E-state index < -0.39 is 0 Å². The fourth-order valence-electron chi connectivity index (χ4n) is 1.47. The van der Waals surface area contributed by atoms with Crippen LogP contribution in [-0.4, -0.2) is 50.7 Å². The predicted molar refractivity (Wildman–Crippen MR) is 65.7 cm³/mol. The molecule has 0 saturated carbocycles. The van der Waals surface area contributed by atoms with Crippen molar-refractivity contribution in [2.24, 2.45) is 0 Å². The number of ether oxygens (including phenoxy) is 2. The first-order valence-electron chi connectivity index (χ1n) is 5.98. The van der Waals surface area contributed by atoms with Gasteiger partial charge in [-0.25, -0.2) is 0 Å². The van der Waals surface area contributed by atoms with E-state index in [-0.39, 0.29) is 18.2 Å². The highest BCUT2D eigenvalue weighted by atomic mass is 16.5. The lowest BCUT2D eigenvalue weighted by Gasteiger charge is -2.26. The topological polar surface area (TPSA) is 50.7 Å². The van der Waals surface area contributed by atoms with Crippen LogP contribution in [0.3, 0.4) is 0 Å². The highest BCUT2D eigenvalue weighted by Crippen LogP contribution is 2.12. The van der Waals surface area contributed by atoms with Crippen LogP contribution in [0.1, 0.15) is 33.1 Å². The molecule has 0 aromatic heterocycles. The SMILES string of the molecule is CNC(C)(CO)CCCCOC(C)COC. The van der Waals surface area contributed by atoms with Gasteiger partial charge in [-0.2, -0.15) is 0 Å². The Hall–Kier alpha value is -0.160. The van der Waals surface area contributed by atoms with Gasteiger partial charge < -0.3 is 19.9 Å². The van der Waals surface area contributed by atoms with Crippen LogP contribution >= 0.6 is 0 Å². The van der Waals surface area contributed by atoms with Gasteiger partial charge in [0.1, 0.15) is 0 Å². The van der Waals surface area contributed by atoms with Crippen molar-refractivity contribution in [2.75, 3.05) is 34.0 Å². The number of nitrogens with one attached hydrogen (secondary N) is 1. The summed E-state index contributed by atoms with van der Waals surface area (Å²) in [5, 5.41) is 12.3. The Labute approximate surface area is 99.3 Å². The van der Waals surface area contributed by atoms with Crippen molar-refractivity contribution in [3.05, 3.63) is 0 Å². The lowest BCUT2D eigenvalue weighted by Crippen LogP contribution is -2.43. The number of methoxy groups -OCH3 is 1. The van der Waals surface area contributed by atoms with Crippen molar-refractivity contribution in [2.45, 2.75) is 44.8 Å². The zero-order chi connectivity index (χ0) is 12.4. The van der Waals surface area contributed by atoms with E-state index >= 15 is 0 Å². The van der Waals surface area contributed by atoms with Gasteiger partial charge in [-0.15, -0.1) is 0 Å². The van der Waals surface area contributed by atoms with Crippen LogP contribution < -0.4 is 5.32 Å². The Morgan fingerprint density at radius 3 is 2.56 bits per heavy atom. The lowest BCUT2D eigenvalue weighted by atomic mass is 9.96. The van der Waals surface area contributed by atoms with Gasteiger partial charge in [0.05, 0.1) is 19.3 Å². The van der Waals surface area contributed by atoms with E-state index in [2.05, 4.69) is 5.32 Å². The fourth-order valence-corrected chi connectivity index (χ4v) is 1.47. The molecule has 0 aliphatic rings. The van der Waals surface area contributed by atoms with Crippen LogP contribution in [0.5, 0.6) is 0 Å². The standard InChI is InChI=1S/C12H27NO3/c1-11(9-15-4)16-8-6-5-7-12(2,10-14)13-3/h11,13-14H,5-10H2,1-4H3. The minimum absolute atomic E-state index is 0.155. The van der Waals surface area contributed by atoms with Crippen LogP contribution in [-0.2, 0) is 9.47 Å². The molecule has 16 heavy (non-hydrogen) atoms. The second-order valence-electron chi connectivity index (χ2n) is 4.56. The summed E-state index contributed by atoms with van der Waals surface area (Å²) in [5.74, 6) is 0. The summed E-state index contributed by atoms with van der Waals surface area (Å²) in [6.07, 6.45) is 3.20. The number of hydrogen-bond donors (Lipinski definition) is 2. The van der Waals surface area contributed by atoms with Crippen LogP contribution in [0.25, 0.3) is 0 Å². The van der Waals surface area contributed by atoms with Crippen molar-refractivity contribution < 1.29 is 14.6 Å². The molecule has 2 atom stereocenters. The van der Waals surface area contributed by atoms with Gasteiger partial charge in [0, 0.05) is 19.3 Å². The maximum Gasteiger partial charge on any atom is 0.0780 e. The predicted octanol–water partition coefficient (Wildman–Crippen LogP) is 1.18. The molecule has 0 aliphatic carbocycles. The Morgan fingerprint density at radius 2 is 2.06 bits per heavy atom. The molecule has 0 saturated heterocycles. The van der Waals surface area contributed by atoms with Crippen LogP contribution in [0.2, 0.25) is 0 Å². The number of aliphatic hydroxyl groups is 1. The quantitative estimate of drug-likeness (QED) is 0.556. The molecular weight excluding hydrogens is 206 g/mol. The summed E-state index contributed by atoms with van der Waals surface area (Å²) < 4.78 is 10.5. The van der Waals surface area contributed by atoms with Crippen molar-refractivity contribution in [1.29, 1.82) is 0 Å². The van der Waals surface area contributed by atoms with Gasteiger partial charge in [0.2, 0.25) is 0 Å². The lowest BCUT2D eigenvalue weighted by molar-refractivity contribution is 0.00694. The molecule has 0 fully saturated rings. The number of aliphatic hydroxyl groups excluding tert-OH is 1. The van der Waals surface area contributed by atoms with Crippen LogP contribution in [0, 0.1) is 0 Å². The van der Waals surface area contributed by atoms with Gasteiger partial charge in [-0.05, 0) is 40.2 Å². The van der Waals surface area contributed by atoms with E-state index in [1.165, 1.54) is 0 Å². The Kier molecular flexibility index (Phi) is 8.84.